The quantitative estimate of drug-likeness (QED) is 0.816. The first-order valence-corrected chi connectivity index (χ1v) is 4.81. The third-order valence-corrected chi connectivity index (χ3v) is 2.22. The van der Waals surface area contributed by atoms with Crippen molar-refractivity contribution < 1.29 is 4.39 Å². The van der Waals surface area contributed by atoms with Gasteiger partial charge in [-0.3, -0.25) is 0 Å². The van der Waals surface area contributed by atoms with Gasteiger partial charge in [0.1, 0.15) is 11.6 Å². The Morgan fingerprint density at radius 3 is 2.53 bits per heavy atom. The van der Waals surface area contributed by atoms with Crippen LogP contribution in [-0.4, -0.2) is 9.78 Å². The van der Waals surface area contributed by atoms with E-state index in [-0.39, 0.29) is 5.82 Å². The van der Waals surface area contributed by atoms with Crippen molar-refractivity contribution >= 4 is 5.82 Å². The van der Waals surface area contributed by atoms with E-state index in [1.54, 1.807) is 16.8 Å². The number of halogens is 1. The summed E-state index contributed by atoms with van der Waals surface area (Å²) in [6, 6.07) is 7.91. The van der Waals surface area contributed by atoms with Crippen LogP contribution in [0.4, 0.5) is 10.2 Å². The summed E-state index contributed by atoms with van der Waals surface area (Å²) in [6.07, 6.45) is 0.832. The zero-order valence-electron chi connectivity index (χ0n) is 8.44. The van der Waals surface area contributed by atoms with E-state index < -0.39 is 0 Å². The van der Waals surface area contributed by atoms with Crippen LogP contribution in [0.3, 0.4) is 0 Å². The maximum Gasteiger partial charge on any atom is 0.127 e. The lowest BCUT2D eigenvalue weighted by Gasteiger charge is -2.02. The molecule has 0 bridgehead atoms. The molecule has 15 heavy (non-hydrogen) atoms. The molecule has 2 aromatic rings. The Balaban J connectivity index is 2.44. The van der Waals surface area contributed by atoms with Gasteiger partial charge in [0, 0.05) is 6.07 Å². The summed E-state index contributed by atoms with van der Waals surface area (Å²) in [5.74, 6) is 0.304. The molecule has 0 aliphatic heterocycles. The number of aromatic nitrogens is 2. The summed E-state index contributed by atoms with van der Waals surface area (Å²) in [6.45, 7) is 2.01. The maximum atomic E-state index is 12.7. The second-order valence-corrected chi connectivity index (χ2v) is 3.30. The molecular formula is C11H12FN3. The maximum absolute atomic E-state index is 12.7. The van der Waals surface area contributed by atoms with Gasteiger partial charge in [0.25, 0.3) is 0 Å². The summed E-state index contributed by atoms with van der Waals surface area (Å²) in [7, 11) is 0. The summed E-state index contributed by atoms with van der Waals surface area (Å²) in [4.78, 5) is 0. The molecule has 0 unspecified atom stereocenters. The lowest BCUT2D eigenvalue weighted by Crippen LogP contribution is -2.01. The van der Waals surface area contributed by atoms with E-state index in [2.05, 4.69) is 5.10 Å². The molecule has 0 fully saturated rings. The summed E-state index contributed by atoms with van der Waals surface area (Å²) >= 11 is 0. The lowest BCUT2D eigenvalue weighted by molar-refractivity contribution is 0.627. The van der Waals surface area contributed by atoms with E-state index in [1.807, 2.05) is 13.0 Å². The van der Waals surface area contributed by atoms with Crippen LogP contribution < -0.4 is 5.73 Å². The van der Waals surface area contributed by atoms with E-state index in [0.29, 0.717) is 5.82 Å². The van der Waals surface area contributed by atoms with Crippen molar-refractivity contribution in [1.29, 1.82) is 0 Å². The van der Waals surface area contributed by atoms with Crippen molar-refractivity contribution in [3.05, 3.63) is 41.8 Å². The topological polar surface area (TPSA) is 43.8 Å². The molecule has 1 heterocycles. The minimum Gasteiger partial charge on any atom is -0.384 e. The van der Waals surface area contributed by atoms with E-state index in [9.17, 15) is 4.39 Å². The average Bonchev–Trinajstić information content (AvgIpc) is 2.61. The highest BCUT2D eigenvalue weighted by molar-refractivity contribution is 5.42. The van der Waals surface area contributed by atoms with Gasteiger partial charge in [0.2, 0.25) is 0 Å². The normalized spacial score (nSPS) is 10.5. The summed E-state index contributed by atoms with van der Waals surface area (Å²) in [5.41, 5.74) is 7.49. The van der Waals surface area contributed by atoms with E-state index in [1.165, 1.54) is 12.1 Å². The van der Waals surface area contributed by atoms with Crippen molar-refractivity contribution in [2.24, 2.45) is 0 Å². The molecule has 4 heteroatoms. The molecule has 0 amide bonds. The van der Waals surface area contributed by atoms with Crippen LogP contribution in [-0.2, 0) is 6.42 Å². The van der Waals surface area contributed by atoms with Crippen LogP contribution in [0.15, 0.2) is 30.3 Å². The van der Waals surface area contributed by atoms with Crippen molar-refractivity contribution in [2.75, 3.05) is 5.73 Å². The fourth-order valence-electron chi connectivity index (χ4n) is 1.41. The molecule has 0 aliphatic carbocycles. The van der Waals surface area contributed by atoms with Crippen LogP contribution in [0.25, 0.3) is 5.69 Å². The zero-order chi connectivity index (χ0) is 10.8. The molecule has 1 aromatic heterocycles. The average molecular weight is 205 g/mol. The van der Waals surface area contributed by atoms with Crippen LogP contribution in [0.5, 0.6) is 0 Å². The third kappa shape index (κ3) is 1.83. The van der Waals surface area contributed by atoms with E-state index in [4.69, 9.17) is 5.73 Å². The Bertz CT molecular complexity index is 459. The van der Waals surface area contributed by atoms with Crippen LogP contribution in [0.2, 0.25) is 0 Å². The number of rotatable bonds is 2. The predicted molar refractivity (Wildman–Crippen MR) is 57.3 cm³/mol. The SMILES string of the molecule is CCc1cc(N)n(-c2ccc(F)cc2)n1. The fourth-order valence-corrected chi connectivity index (χ4v) is 1.41. The molecule has 0 saturated carbocycles. The van der Waals surface area contributed by atoms with Crippen molar-refractivity contribution in [1.82, 2.24) is 9.78 Å². The Morgan fingerprint density at radius 2 is 2.00 bits per heavy atom. The van der Waals surface area contributed by atoms with E-state index >= 15 is 0 Å². The minimum absolute atomic E-state index is 0.264. The largest absolute Gasteiger partial charge is 0.384 e. The number of nitrogen functional groups attached to an aromatic ring is 1. The standard InChI is InChI=1S/C11H12FN3/c1-2-9-7-11(13)15(14-9)10-5-3-8(12)4-6-10/h3-7H,2,13H2,1H3. The zero-order valence-corrected chi connectivity index (χ0v) is 8.44. The number of benzene rings is 1. The van der Waals surface area contributed by atoms with Crippen LogP contribution in [0, 0.1) is 5.82 Å². The number of nitrogens with two attached hydrogens (primary N) is 1. The van der Waals surface area contributed by atoms with Crippen molar-refractivity contribution in [2.45, 2.75) is 13.3 Å². The first-order chi connectivity index (χ1) is 7.20. The molecule has 3 nitrogen and oxygen atoms in total. The third-order valence-electron chi connectivity index (χ3n) is 2.22. The second kappa shape index (κ2) is 3.73. The summed E-state index contributed by atoms with van der Waals surface area (Å²) in [5, 5.41) is 4.30. The highest BCUT2D eigenvalue weighted by Crippen LogP contribution is 2.15. The second-order valence-electron chi connectivity index (χ2n) is 3.30. The Labute approximate surface area is 87.3 Å². The molecule has 78 valence electrons. The van der Waals surface area contributed by atoms with Gasteiger partial charge >= 0.3 is 0 Å². The van der Waals surface area contributed by atoms with Gasteiger partial charge in [-0.05, 0) is 30.7 Å². The minimum atomic E-state index is -0.264. The van der Waals surface area contributed by atoms with Gasteiger partial charge < -0.3 is 5.73 Å². The van der Waals surface area contributed by atoms with E-state index in [0.717, 1.165) is 17.8 Å². The predicted octanol–water partition coefficient (Wildman–Crippen LogP) is 2.16. The fraction of sp³-hybridized carbons (Fsp3) is 0.182. The molecule has 0 aliphatic rings. The first kappa shape index (κ1) is 9.71. The summed E-state index contributed by atoms with van der Waals surface area (Å²) < 4.78 is 14.3. The number of nitrogens with zero attached hydrogens (tertiary/aromatic N) is 2. The Hall–Kier alpha value is -1.84. The highest BCUT2D eigenvalue weighted by Gasteiger charge is 2.05. The molecule has 2 N–H and O–H groups in total. The van der Waals surface area contributed by atoms with Gasteiger partial charge in [0.05, 0.1) is 11.4 Å². The molecule has 1 aromatic carbocycles. The molecule has 0 saturated heterocycles. The lowest BCUT2D eigenvalue weighted by atomic mass is 10.3. The van der Waals surface area contributed by atoms with Gasteiger partial charge in [0.15, 0.2) is 0 Å². The monoisotopic (exact) mass is 205 g/mol. The molecule has 0 spiro atoms. The van der Waals surface area contributed by atoms with Crippen molar-refractivity contribution in [3.8, 4) is 5.69 Å². The number of aryl methyl sites for hydroxylation is 1. The number of anilines is 1. The Kier molecular flexibility index (Phi) is 2.41. The van der Waals surface area contributed by atoms with Gasteiger partial charge in [-0.25, -0.2) is 9.07 Å². The van der Waals surface area contributed by atoms with Crippen LogP contribution in [0.1, 0.15) is 12.6 Å². The van der Waals surface area contributed by atoms with Gasteiger partial charge in [-0.2, -0.15) is 5.10 Å². The van der Waals surface area contributed by atoms with Crippen LogP contribution >= 0.6 is 0 Å². The number of hydrogen-bond acceptors (Lipinski definition) is 2. The van der Waals surface area contributed by atoms with Crippen molar-refractivity contribution in [3.63, 3.8) is 0 Å². The molecule has 2 rings (SSSR count). The molecular weight excluding hydrogens is 193 g/mol. The molecule has 0 atom stereocenters. The van der Waals surface area contributed by atoms with Gasteiger partial charge in [-0.1, -0.05) is 6.92 Å². The number of hydrogen-bond donors (Lipinski definition) is 1. The van der Waals surface area contributed by atoms with Gasteiger partial charge in [-0.15, -0.1) is 0 Å². The molecule has 0 radical (unpaired) electrons. The Morgan fingerprint density at radius 1 is 1.33 bits per heavy atom. The highest BCUT2D eigenvalue weighted by atomic mass is 19.1. The smallest absolute Gasteiger partial charge is 0.127 e. The first-order valence-electron chi connectivity index (χ1n) is 4.81.